The normalized spacial score (nSPS) is 13.1. The molecule has 108 valence electrons. The highest BCUT2D eigenvalue weighted by atomic mass is 32.2. The molecule has 3 N–H and O–H groups in total. The molecule has 1 unspecified atom stereocenters. The van der Waals surface area contributed by atoms with Crippen molar-refractivity contribution in [3.63, 3.8) is 0 Å². The number of aromatic amines is 1. The molecular weight excluding hydrogens is 278 g/mol. The van der Waals surface area contributed by atoms with Crippen LogP contribution in [-0.4, -0.2) is 30.1 Å². The molecule has 1 atom stereocenters. The second-order valence-electron chi connectivity index (χ2n) is 4.28. The smallest absolute Gasteiger partial charge is 0.242 e. The van der Waals surface area contributed by atoms with Gasteiger partial charge in [-0.1, -0.05) is 0 Å². The number of H-pyrrole nitrogens is 1. The largest absolute Gasteiger partial charge is 0.370 e. The molecule has 0 aliphatic heterocycles. The van der Waals surface area contributed by atoms with Gasteiger partial charge in [-0.3, -0.25) is 5.10 Å². The molecular formula is C12H17N5O2S. The van der Waals surface area contributed by atoms with Crippen molar-refractivity contribution in [1.82, 2.24) is 19.9 Å². The first-order chi connectivity index (χ1) is 9.53. The Morgan fingerprint density at radius 3 is 2.70 bits per heavy atom. The van der Waals surface area contributed by atoms with Crippen LogP contribution in [0.5, 0.6) is 0 Å². The quantitative estimate of drug-likeness (QED) is 0.745. The van der Waals surface area contributed by atoms with Gasteiger partial charge in [0.1, 0.15) is 10.7 Å². The number of aromatic nitrogens is 3. The number of rotatable bonds is 6. The minimum atomic E-state index is -3.60. The molecule has 0 aromatic carbocycles. The van der Waals surface area contributed by atoms with E-state index in [4.69, 9.17) is 0 Å². The van der Waals surface area contributed by atoms with Gasteiger partial charge in [0.2, 0.25) is 10.0 Å². The Balaban J connectivity index is 2.13. The number of sulfonamides is 1. The van der Waals surface area contributed by atoms with Gasteiger partial charge in [-0.2, -0.15) is 5.10 Å². The molecule has 0 aliphatic rings. The molecule has 0 saturated heterocycles. The van der Waals surface area contributed by atoms with E-state index in [1.165, 1.54) is 12.3 Å². The molecule has 0 spiro atoms. The van der Waals surface area contributed by atoms with Gasteiger partial charge >= 0.3 is 0 Å². The predicted octanol–water partition coefficient (Wildman–Crippen LogP) is 1.28. The van der Waals surface area contributed by atoms with E-state index >= 15 is 0 Å². The summed E-state index contributed by atoms with van der Waals surface area (Å²) in [5, 5.41) is 9.46. The van der Waals surface area contributed by atoms with Gasteiger partial charge < -0.3 is 5.32 Å². The van der Waals surface area contributed by atoms with E-state index in [0.29, 0.717) is 5.82 Å². The van der Waals surface area contributed by atoms with Gasteiger partial charge in [0.15, 0.2) is 0 Å². The Bertz CT molecular complexity index is 637. The third-order valence-electron chi connectivity index (χ3n) is 2.76. The number of nitrogens with zero attached hydrogens (tertiary/aromatic N) is 2. The van der Waals surface area contributed by atoms with Crippen LogP contribution in [0.1, 0.15) is 25.5 Å². The minimum absolute atomic E-state index is 0.134. The van der Waals surface area contributed by atoms with E-state index in [9.17, 15) is 8.42 Å². The predicted molar refractivity (Wildman–Crippen MR) is 75.7 cm³/mol. The maximum Gasteiger partial charge on any atom is 0.242 e. The fourth-order valence-corrected chi connectivity index (χ4v) is 2.87. The molecule has 7 nitrogen and oxygen atoms in total. The van der Waals surface area contributed by atoms with E-state index in [2.05, 4.69) is 25.2 Å². The molecule has 0 amide bonds. The van der Waals surface area contributed by atoms with Gasteiger partial charge in [0.25, 0.3) is 0 Å². The van der Waals surface area contributed by atoms with Crippen molar-refractivity contribution in [1.29, 1.82) is 0 Å². The monoisotopic (exact) mass is 295 g/mol. The zero-order valence-corrected chi connectivity index (χ0v) is 12.1. The highest BCUT2D eigenvalue weighted by molar-refractivity contribution is 7.89. The maximum atomic E-state index is 12.2. The molecule has 8 heteroatoms. The third-order valence-corrected chi connectivity index (χ3v) is 4.28. The van der Waals surface area contributed by atoms with E-state index in [1.807, 2.05) is 6.92 Å². The van der Waals surface area contributed by atoms with Gasteiger partial charge in [-0.25, -0.2) is 18.1 Å². The minimum Gasteiger partial charge on any atom is -0.370 e. The first-order valence-electron chi connectivity index (χ1n) is 6.24. The summed E-state index contributed by atoms with van der Waals surface area (Å²) in [5.74, 6) is 0.648. The lowest BCUT2D eigenvalue weighted by molar-refractivity contribution is 0.566. The third kappa shape index (κ3) is 3.34. The van der Waals surface area contributed by atoms with Crippen LogP contribution in [-0.2, 0) is 10.0 Å². The van der Waals surface area contributed by atoms with E-state index < -0.39 is 10.0 Å². The molecule has 0 saturated carbocycles. The summed E-state index contributed by atoms with van der Waals surface area (Å²) in [6, 6.07) is 2.79. The number of nitrogens with one attached hydrogen (secondary N) is 3. The van der Waals surface area contributed by atoms with Crippen LogP contribution in [0.25, 0.3) is 0 Å². The van der Waals surface area contributed by atoms with Crippen molar-refractivity contribution in [2.45, 2.75) is 24.8 Å². The average molecular weight is 295 g/mol. The van der Waals surface area contributed by atoms with Gasteiger partial charge in [-0.05, 0) is 26.0 Å². The van der Waals surface area contributed by atoms with Crippen LogP contribution in [0.3, 0.4) is 0 Å². The standard InChI is InChI=1S/C12H17N5O2S/c1-3-13-12-5-4-11(8-14-12)20(18,19)17-9(2)10-6-15-16-7-10/h4-9,17H,3H2,1-2H3,(H,13,14)(H,15,16). The van der Waals surface area contributed by atoms with Crippen LogP contribution >= 0.6 is 0 Å². The summed E-state index contributed by atoms with van der Waals surface area (Å²) in [7, 11) is -3.60. The molecule has 2 heterocycles. The average Bonchev–Trinajstić information content (AvgIpc) is 2.93. The first-order valence-corrected chi connectivity index (χ1v) is 7.72. The van der Waals surface area contributed by atoms with Crippen LogP contribution in [0.4, 0.5) is 5.82 Å². The van der Waals surface area contributed by atoms with Crippen molar-refractivity contribution < 1.29 is 8.42 Å². The van der Waals surface area contributed by atoms with Crippen LogP contribution in [0.15, 0.2) is 35.6 Å². The Hall–Kier alpha value is -1.93. The van der Waals surface area contributed by atoms with Gasteiger partial charge in [-0.15, -0.1) is 0 Å². The summed E-state index contributed by atoms with van der Waals surface area (Å²) in [5.41, 5.74) is 0.769. The molecule has 2 rings (SSSR count). The molecule has 0 radical (unpaired) electrons. The molecule has 2 aromatic rings. The van der Waals surface area contributed by atoms with Crippen molar-refractivity contribution in [3.8, 4) is 0 Å². The molecule has 0 bridgehead atoms. The lowest BCUT2D eigenvalue weighted by Gasteiger charge is -2.12. The Kier molecular flexibility index (Phi) is 4.35. The summed E-state index contributed by atoms with van der Waals surface area (Å²) in [4.78, 5) is 4.19. The van der Waals surface area contributed by atoms with E-state index in [0.717, 1.165) is 12.1 Å². The van der Waals surface area contributed by atoms with Gasteiger partial charge in [0.05, 0.1) is 6.20 Å². The number of pyridine rings is 1. The highest BCUT2D eigenvalue weighted by Gasteiger charge is 2.19. The highest BCUT2D eigenvalue weighted by Crippen LogP contribution is 2.16. The molecule has 0 aliphatic carbocycles. The molecule has 0 fully saturated rings. The second-order valence-corrected chi connectivity index (χ2v) is 6.00. The topological polar surface area (TPSA) is 99.8 Å². The van der Waals surface area contributed by atoms with Crippen molar-refractivity contribution in [3.05, 3.63) is 36.3 Å². The first kappa shape index (κ1) is 14.5. The van der Waals surface area contributed by atoms with Crippen molar-refractivity contribution >= 4 is 15.8 Å². The summed E-state index contributed by atoms with van der Waals surface area (Å²) >= 11 is 0. The van der Waals surface area contributed by atoms with E-state index in [1.54, 1.807) is 25.4 Å². The Morgan fingerprint density at radius 2 is 2.15 bits per heavy atom. The fraction of sp³-hybridized carbons (Fsp3) is 0.333. The van der Waals surface area contributed by atoms with Gasteiger partial charge in [0, 0.05) is 30.5 Å². The van der Waals surface area contributed by atoms with Crippen molar-refractivity contribution in [2.75, 3.05) is 11.9 Å². The lowest BCUT2D eigenvalue weighted by Crippen LogP contribution is -2.26. The fourth-order valence-electron chi connectivity index (χ4n) is 1.69. The zero-order chi connectivity index (χ0) is 14.6. The molecule has 20 heavy (non-hydrogen) atoms. The van der Waals surface area contributed by atoms with E-state index in [-0.39, 0.29) is 10.9 Å². The summed E-state index contributed by atoms with van der Waals surface area (Å²) < 4.78 is 27.0. The molecule has 2 aromatic heterocycles. The summed E-state index contributed by atoms with van der Waals surface area (Å²) in [6.45, 7) is 4.43. The van der Waals surface area contributed by atoms with Crippen LogP contribution in [0, 0.1) is 0 Å². The zero-order valence-electron chi connectivity index (χ0n) is 11.3. The lowest BCUT2D eigenvalue weighted by atomic mass is 10.2. The summed E-state index contributed by atoms with van der Waals surface area (Å²) in [6.07, 6.45) is 4.57. The van der Waals surface area contributed by atoms with Crippen LogP contribution in [0.2, 0.25) is 0 Å². The number of hydrogen-bond acceptors (Lipinski definition) is 5. The number of hydrogen-bond donors (Lipinski definition) is 3. The Morgan fingerprint density at radius 1 is 1.35 bits per heavy atom. The van der Waals surface area contributed by atoms with Crippen molar-refractivity contribution in [2.24, 2.45) is 0 Å². The Labute approximate surface area is 117 Å². The SMILES string of the molecule is CCNc1ccc(S(=O)(=O)NC(C)c2cn[nH]c2)cn1. The van der Waals surface area contributed by atoms with Crippen LogP contribution < -0.4 is 10.0 Å². The number of anilines is 1. The maximum absolute atomic E-state index is 12.2. The second kappa shape index (κ2) is 6.02.